The molecule has 0 fully saturated rings. The Bertz CT molecular complexity index is 536. The van der Waals surface area contributed by atoms with Gasteiger partial charge in [0, 0.05) is 24.9 Å². The molecule has 0 aliphatic heterocycles. The minimum atomic E-state index is -0.287. The second-order valence-corrected chi connectivity index (χ2v) is 4.80. The summed E-state index contributed by atoms with van der Waals surface area (Å²) in [7, 11) is 1.80. The van der Waals surface area contributed by atoms with Gasteiger partial charge in [-0.05, 0) is 39.1 Å². The molecule has 19 heavy (non-hydrogen) atoms. The van der Waals surface area contributed by atoms with Crippen molar-refractivity contribution >= 4 is 0 Å². The van der Waals surface area contributed by atoms with Crippen LogP contribution in [0.1, 0.15) is 37.3 Å². The number of nitrogens with zero attached hydrogens (tertiary/aromatic N) is 3. The molecule has 1 N–H and O–H groups in total. The Kier molecular flexibility index (Phi) is 4.27. The van der Waals surface area contributed by atoms with E-state index in [0.29, 0.717) is 18.2 Å². The van der Waals surface area contributed by atoms with Crippen LogP contribution < -0.4 is 5.32 Å². The smallest absolute Gasteiger partial charge is 0.146 e. The summed E-state index contributed by atoms with van der Waals surface area (Å²) < 4.78 is 15.6. The minimum absolute atomic E-state index is 0.170. The monoisotopic (exact) mass is 262 g/mol. The van der Waals surface area contributed by atoms with Crippen molar-refractivity contribution in [1.29, 1.82) is 0 Å². The largest absolute Gasteiger partial charge is 0.311 e. The molecule has 0 amide bonds. The Hall–Kier alpha value is -1.75. The predicted molar refractivity (Wildman–Crippen MR) is 72.3 cm³/mol. The van der Waals surface area contributed by atoms with Crippen LogP contribution in [0.2, 0.25) is 0 Å². The van der Waals surface area contributed by atoms with E-state index in [4.69, 9.17) is 0 Å². The molecule has 0 aliphatic carbocycles. The van der Waals surface area contributed by atoms with Crippen LogP contribution in [-0.4, -0.2) is 21.8 Å². The normalized spacial score (nSPS) is 12.9. The van der Waals surface area contributed by atoms with Gasteiger partial charge in [-0.2, -0.15) is 5.10 Å². The van der Waals surface area contributed by atoms with Crippen LogP contribution in [0.15, 0.2) is 30.6 Å². The lowest BCUT2D eigenvalue weighted by atomic mass is 10.1. The summed E-state index contributed by atoms with van der Waals surface area (Å²) in [4.78, 5) is 4.12. The molecule has 0 aliphatic rings. The molecule has 1 unspecified atom stereocenters. The maximum Gasteiger partial charge on any atom is 0.146 e. The van der Waals surface area contributed by atoms with Crippen molar-refractivity contribution in [2.24, 2.45) is 0 Å². The topological polar surface area (TPSA) is 42.7 Å². The molecular weight excluding hydrogens is 243 g/mol. The van der Waals surface area contributed by atoms with Crippen LogP contribution in [0, 0.1) is 5.82 Å². The van der Waals surface area contributed by atoms with E-state index in [-0.39, 0.29) is 11.9 Å². The Labute approximate surface area is 112 Å². The van der Waals surface area contributed by atoms with E-state index < -0.39 is 0 Å². The minimum Gasteiger partial charge on any atom is -0.311 e. The molecule has 2 rings (SSSR count). The maximum atomic E-state index is 13.7. The van der Waals surface area contributed by atoms with Crippen molar-refractivity contribution in [1.82, 2.24) is 20.1 Å². The molecule has 2 aromatic heterocycles. The number of halogens is 1. The van der Waals surface area contributed by atoms with Gasteiger partial charge in [0.2, 0.25) is 0 Å². The van der Waals surface area contributed by atoms with Crippen molar-refractivity contribution in [2.45, 2.75) is 32.4 Å². The fourth-order valence-electron chi connectivity index (χ4n) is 1.97. The van der Waals surface area contributed by atoms with Crippen molar-refractivity contribution in [3.8, 4) is 0 Å². The fourth-order valence-corrected chi connectivity index (χ4v) is 1.97. The van der Waals surface area contributed by atoms with E-state index in [0.717, 1.165) is 5.69 Å². The molecule has 0 bridgehead atoms. The van der Waals surface area contributed by atoms with Crippen LogP contribution in [-0.2, 0) is 6.42 Å². The van der Waals surface area contributed by atoms with Gasteiger partial charge in [0.25, 0.3) is 0 Å². The first-order valence-electron chi connectivity index (χ1n) is 6.43. The van der Waals surface area contributed by atoms with Gasteiger partial charge in [-0.15, -0.1) is 0 Å². The van der Waals surface area contributed by atoms with Crippen molar-refractivity contribution < 1.29 is 4.39 Å². The SMILES string of the molecule is CNC(Cc1ccn(C(C)C)n1)c1ncccc1F. The lowest BCUT2D eigenvalue weighted by Gasteiger charge is -2.15. The second-order valence-electron chi connectivity index (χ2n) is 4.80. The van der Waals surface area contributed by atoms with Crippen LogP contribution in [0.4, 0.5) is 4.39 Å². The van der Waals surface area contributed by atoms with Gasteiger partial charge in [-0.25, -0.2) is 4.39 Å². The Morgan fingerprint density at radius 1 is 1.37 bits per heavy atom. The summed E-state index contributed by atoms with van der Waals surface area (Å²) in [5.41, 5.74) is 1.36. The molecule has 1 atom stereocenters. The fraction of sp³-hybridized carbons (Fsp3) is 0.429. The number of rotatable bonds is 5. The van der Waals surface area contributed by atoms with Gasteiger partial charge in [-0.1, -0.05) is 0 Å². The molecule has 0 aromatic carbocycles. The molecule has 0 radical (unpaired) electrons. The molecule has 0 saturated carbocycles. The van der Waals surface area contributed by atoms with E-state index in [9.17, 15) is 4.39 Å². The summed E-state index contributed by atoms with van der Waals surface area (Å²) in [5.74, 6) is -0.287. The van der Waals surface area contributed by atoms with Gasteiger partial charge >= 0.3 is 0 Å². The van der Waals surface area contributed by atoms with Crippen molar-refractivity contribution in [2.75, 3.05) is 7.05 Å². The first-order valence-corrected chi connectivity index (χ1v) is 6.43. The van der Waals surface area contributed by atoms with Crippen LogP contribution in [0.3, 0.4) is 0 Å². The number of pyridine rings is 1. The van der Waals surface area contributed by atoms with E-state index >= 15 is 0 Å². The Balaban J connectivity index is 2.17. The molecule has 0 saturated heterocycles. The first kappa shape index (κ1) is 13.7. The zero-order chi connectivity index (χ0) is 13.8. The highest BCUT2D eigenvalue weighted by atomic mass is 19.1. The van der Waals surface area contributed by atoms with E-state index in [2.05, 4.69) is 29.2 Å². The van der Waals surface area contributed by atoms with Crippen LogP contribution in [0.5, 0.6) is 0 Å². The van der Waals surface area contributed by atoms with E-state index in [1.54, 1.807) is 19.3 Å². The third-order valence-electron chi connectivity index (χ3n) is 3.07. The lowest BCUT2D eigenvalue weighted by Crippen LogP contribution is -2.21. The number of nitrogens with one attached hydrogen (secondary N) is 1. The van der Waals surface area contributed by atoms with Gasteiger partial charge in [0.15, 0.2) is 0 Å². The summed E-state index contributed by atoms with van der Waals surface area (Å²) in [6.07, 6.45) is 4.17. The summed E-state index contributed by atoms with van der Waals surface area (Å²) >= 11 is 0. The molecule has 2 aromatic rings. The highest BCUT2D eigenvalue weighted by molar-refractivity contribution is 5.15. The average molecular weight is 262 g/mol. The third kappa shape index (κ3) is 3.17. The molecule has 4 nitrogen and oxygen atoms in total. The average Bonchev–Trinajstić information content (AvgIpc) is 2.86. The number of hydrogen-bond donors (Lipinski definition) is 1. The van der Waals surface area contributed by atoms with Gasteiger partial charge in [-0.3, -0.25) is 9.67 Å². The molecule has 102 valence electrons. The first-order chi connectivity index (χ1) is 9.11. The zero-order valence-electron chi connectivity index (χ0n) is 11.5. The number of hydrogen-bond acceptors (Lipinski definition) is 3. The van der Waals surface area contributed by atoms with E-state index in [1.807, 2.05) is 16.9 Å². The molecule has 2 heterocycles. The highest BCUT2D eigenvalue weighted by Gasteiger charge is 2.17. The Morgan fingerprint density at radius 2 is 2.16 bits per heavy atom. The van der Waals surface area contributed by atoms with Crippen LogP contribution in [0.25, 0.3) is 0 Å². The van der Waals surface area contributed by atoms with Gasteiger partial charge < -0.3 is 5.32 Å². The second kappa shape index (κ2) is 5.93. The predicted octanol–water partition coefficient (Wildman–Crippen LogP) is 2.50. The standard InChI is InChI=1S/C14H19FN4/c1-10(2)19-8-6-11(18-19)9-13(16-3)14-12(15)5-4-7-17-14/h4-8,10,13,16H,9H2,1-3H3. The molecule has 0 spiro atoms. The van der Waals surface area contributed by atoms with Crippen molar-refractivity contribution in [3.05, 3.63) is 47.8 Å². The zero-order valence-corrected chi connectivity index (χ0v) is 11.5. The van der Waals surface area contributed by atoms with Crippen molar-refractivity contribution in [3.63, 3.8) is 0 Å². The highest BCUT2D eigenvalue weighted by Crippen LogP contribution is 2.18. The third-order valence-corrected chi connectivity index (χ3v) is 3.07. The van der Waals surface area contributed by atoms with Crippen LogP contribution >= 0.6 is 0 Å². The Morgan fingerprint density at radius 3 is 2.74 bits per heavy atom. The van der Waals surface area contributed by atoms with Gasteiger partial charge in [0.1, 0.15) is 5.82 Å². The number of likely N-dealkylation sites (N-methyl/N-ethyl adjacent to an activating group) is 1. The quantitative estimate of drug-likeness (QED) is 0.900. The molecule has 5 heteroatoms. The van der Waals surface area contributed by atoms with E-state index in [1.165, 1.54) is 6.07 Å². The summed E-state index contributed by atoms with van der Waals surface area (Å²) in [5, 5.41) is 7.57. The summed E-state index contributed by atoms with van der Waals surface area (Å²) in [6.45, 7) is 4.15. The lowest BCUT2D eigenvalue weighted by molar-refractivity contribution is 0.495. The van der Waals surface area contributed by atoms with Gasteiger partial charge in [0.05, 0.1) is 17.4 Å². The maximum absolute atomic E-state index is 13.7. The number of aromatic nitrogens is 3. The summed E-state index contributed by atoms with van der Waals surface area (Å²) in [6, 6.07) is 5.15. The molecular formula is C14H19FN4.